The molecule has 1 aromatic carbocycles. The highest BCUT2D eigenvalue weighted by Gasteiger charge is 2.47. The van der Waals surface area contributed by atoms with Crippen LogP contribution in [0.4, 0.5) is 13.2 Å². The van der Waals surface area contributed by atoms with Crippen molar-refractivity contribution in [1.82, 2.24) is 19.7 Å². The van der Waals surface area contributed by atoms with Gasteiger partial charge >= 0.3 is 6.18 Å². The van der Waals surface area contributed by atoms with Gasteiger partial charge in [-0.15, -0.1) is 0 Å². The monoisotopic (exact) mass is 447 g/mol. The number of primary amides is 1. The molecule has 3 aromatic rings. The van der Waals surface area contributed by atoms with Crippen molar-refractivity contribution in [3.63, 3.8) is 0 Å². The van der Waals surface area contributed by atoms with E-state index in [0.29, 0.717) is 18.6 Å². The minimum Gasteiger partial charge on any atom is -0.364 e. The van der Waals surface area contributed by atoms with Crippen LogP contribution in [-0.2, 0) is 18.3 Å². The van der Waals surface area contributed by atoms with Crippen LogP contribution in [0, 0.1) is 0 Å². The Hall–Kier alpha value is -2.98. The van der Waals surface area contributed by atoms with Crippen molar-refractivity contribution < 1.29 is 22.7 Å². The Kier molecular flexibility index (Phi) is 5.46. The molecule has 0 saturated carbocycles. The van der Waals surface area contributed by atoms with Gasteiger partial charge in [0.05, 0.1) is 17.3 Å². The molecule has 1 aliphatic rings. The number of morpholine rings is 1. The average Bonchev–Trinajstić information content (AvgIpc) is 3.11. The number of nitrogens with two attached hydrogens (primary N) is 1. The molecule has 10 heteroatoms. The molecule has 7 nitrogen and oxygen atoms in total. The zero-order valence-electron chi connectivity index (χ0n) is 18.0. The van der Waals surface area contributed by atoms with Crippen LogP contribution in [0.1, 0.15) is 29.9 Å². The van der Waals surface area contributed by atoms with E-state index in [1.807, 2.05) is 18.3 Å². The van der Waals surface area contributed by atoms with Crippen molar-refractivity contribution in [1.29, 1.82) is 0 Å². The second kappa shape index (κ2) is 7.86. The first kappa shape index (κ1) is 22.2. The highest BCUT2D eigenvalue weighted by molar-refractivity contribution is 6.00. The summed E-state index contributed by atoms with van der Waals surface area (Å²) in [6.07, 6.45) is -2.78. The number of alkyl halides is 3. The Morgan fingerprint density at radius 1 is 1.31 bits per heavy atom. The quantitative estimate of drug-likeness (QED) is 0.664. The van der Waals surface area contributed by atoms with Gasteiger partial charge in [0.25, 0.3) is 5.91 Å². The molecule has 1 aliphatic heterocycles. The number of rotatable bonds is 4. The van der Waals surface area contributed by atoms with Crippen LogP contribution in [0.25, 0.3) is 22.0 Å². The fraction of sp³-hybridized carbons (Fsp3) is 0.409. The van der Waals surface area contributed by atoms with Crippen molar-refractivity contribution in [2.45, 2.75) is 38.3 Å². The first-order valence-electron chi connectivity index (χ1n) is 10.1. The zero-order chi connectivity index (χ0) is 23.3. The normalized spacial score (nSPS) is 19.4. The van der Waals surface area contributed by atoms with Gasteiger partial charge in [-0.2, -0.15) is 18.3 Å². The van der Waals surface area contributed by atoms with E-state index in [0.717, 1.165) is 22.1 Å². The van der Waals surface area contributed by atoms with Gasteiger partial charge < -0.3 is 10.5 Å². The first-order chi connectivity index (χ1) is 14.9. The highest BCUT2D eigenvalue weighted by atomic mass is 19.4. The third-order valence-corrected chi connectivity index (χ3v) is 5.40. The second-order valence-corrected chi connectivity index (χ2v) is 8.75. The molecule has 3 heterocycles. The summed E-state index contributed by atoms with van der Waals surface area (Å²) in [4.78, 5) is 18.0. The lowest BCUT2D eigenvalue weighted by molar-refractivity contribution is -0.272. The number of carbonyl (C=O) groups excluding carboxylic acids is 1. The summed E-state index contributed by atoms with van der Waals surface area (Å²) in [6.45, 7) is 3.70. The van der Waals surface area contributed by atoms with Gasteiger partial charge in [0.1, 0.15) is 5.69 Å². The van der Waals surface area contributed by atoms with Crippen molar-refractivity contribution in [2.75, 3.05) is 13.1 Å². The third-order valence-electron chi connectivity index (χ3n) is 5.40. The van der Waals surface area contributed by atoms with Gasteiger partial charge in [0.15, 0.2) is 6.10 Å². The molecule has 0 radical (unpaired) electrons. The number of benzene rings is 1. The number of carbonyl (C=O) groups is 1. The topological polar surface area (TPSA) is 86.3 Å². The molecule has 2 N–H and O–H groups in total. The summed E-state index contributed by atoms with van der Waals surface area (Å²) in [5.74, 6) is -0.662. The standard InChI is InChI=1S/C22H24F3N5O2/c1-21(2)12-30(11-19(32-21)22(23,24)25)9-13-4-5-15-16(14-8-27-29(3)10-14)7-18(20(26)31)28-17(15)6-13/h4-8,10,19H,9,11-12H2,1-3H3,(H2,26,31). The minimum atomic E-state index is -4.43. The number of ether oxygens (including phenoxy) is 1. The Morgan fingerprint density at radius 2 is 2.06 bits per heavy atom. The SMILES string of the molecule is Cn1cc(-c2cc(C(N)=O)nc3cc(CN4CC(C(F)(F)F)OC(C)(C)C4)ccc23)cn1. The predicted octanol–water partition coefficient (Wildman–Crippen LogP) is 3.28. The lowest BCUT2D eigenvalue weighted by Crippen LogP contribution is -2.56. The number of aromatic nitrogens is 3. The number of fused-ring (bicyclic) bond motifs is 1. The van der Waals surface area contributed by atoms with Crippen LogP contribution < -0.4 is 5.73 Å². The van der Waals surface area contributed by atoms with Crippen molar-refractivity contribution >= 4 is 16.8 Å². The number of amides is 1. The highest BCUT2D eigenvalue weighted by Crippen LogP contribution is 2.33. The van der Waals surface area contributed by atoms with Crippen molar-refractivity contribution in [2.24, 2.45) is 12.8 Å². The van der Waals surface area contributed by atoms with E-state index in [9.17, 15) is 18.0 Å². The average molecular weight is 447 g/mol. The van der Waals surface area contributed by atoms with Crippen molar-refractivity contribution in [3.8, 4) is 11.1 Å². The molecular formula is C22H24F3N5O2. The Morgan fingerprint density at radius 3 is 2.69 bits per heavy atom. The second-order valence-electron chi connectivity index (χ2n) is 8.75. The van der Waals surface area contributed by atoms with Crippen LogP contribution in [0.2, 0.25) is 0 Å². The molecule has 0 aliphatic carbocycles. The fourth-order valence-electron chi connectivity index (χ4n) is 4.14. The summed E-state index contributed by atoms with van der Waals surface area (Å²) in [6, 6.07) is 7.13. The summed E-state index contributed by atoms with van der Waals surface area (Å²) in [7, 11) is 1.79. The molecule has 0 bridgehead atoms. The molecule has 1 unspecified atom stereocenters. The fourth-order valence-corrected chi connectivity index (χ4v) is 4.14. The smallest absolute Gasteiger partial charge is 0.364 e. The van der Waals surface area contributed by atoms with Crippen LogP contribution in [-0.4, -0.2) is 56.5 Å². The third kappa shape index (κ3) is 4.61. The molecule has 2 aromatic heterocycles. The molecule has 0 spiro atoms. The van der Waals surface area contributed by atoms with E-state index in [4.69, 9.17) is 10.5 Å². The van der Waals surface area contributed by atoms with Crippen LogP contribution >= 0.6 is 0 Å². The van der Waals surface area contributed by atoms with Gasteiger partial charge in [-0.3, -0.25) is 14.4 Å². The van der Waals surface area contributed by atoms with Gasteiger partial charge in [-0.25, -0.2) is 4.98 Å². The molecule has 170 valence electrons. The molecule has 1 amide bonds. The van der Waals surface area contributed by atoms with Gasteiger partial charge in [-0.05, 0) is 37.1 Å². The van der Waals surface area contributed by atoms with Gasteiger partial charge in [0, 0.05) is 43.8 Å². The maximum Gasteiger partial charge on any atom is 0.415 e. The summed E-state index contributed by atoms with van der Waals surface area (Å²) >= 11 is 0. The molecule has 1 fully saturated rings. The lowest BCUT2D eigenvalue weighted by atomic mass is 10.00. The van der Waals surface area contributed by atoms with E-state index >= 15 is 0 Å². The largest absolute Gasteiger partial charge is 0.415 e. The zero-order valence-corrected chi connectivity index (χ0v) is 18.0. The number of pyridine rings is 1. The van der Waals surface area contributed by atoms with Crippen LogP contribution in [0.3, 0.4) is 0 Å². The van der Waals surface area contributed by atoms with Crippen molar-refractivity contribution in [3.05, 3.63) is 47.9 Å². The summed E-state index contributed by atoms with van der Waals surface area (Å²) in [5, 5.41) is 4.97. The summed E-state index contributed by atoms with van der Waals surface area (Å²) < 4.78 is 46.9. The first-order valence-corrected chi connectivity index (χ1v) is 10.1. The number of hydrogen-bond donors (Lipinski definition) is 1. The van der Waals surface area contributed by atoms with Crippen LogP contribution in [0.5, 0.6) is 0 Å². The number of aryl methyl sites for hydroxylation is 1. The number of nitrogens with zero attached hydrogens (tertiary/aromatic N) is 4. The predicted molar refractivity (Wildman–Crippen MR) is 113 cm³/mol. The van der Waals surface area contributed by atoms with Gasteiger partial charge in [-0.1, -0.05) is 12.1 Å². The van der Waals surface area contributed by atoms with E-state index in [1.165, 1.54) is 0 Å². The molecule has 4 rings (SSSR count). The number of halogens is 3. The van der Waals surface area contributed by atoms with E-state index in [-0.39, 0.29) is 12.2 Å². The van der Waals surface area contributed by atoms with Gasteiger partial charge in [0.2, 0.25) is 0 Å². The minimum absolute atomic E-state index is 0.109. The molecule has 1 atom stereocenters. The molecule has 1 saturated heterocycles. The molecular weight excluding hydrogens is 423 g/mol. The van der Waals surface area contributed by atoms with E-state index in [2.05, 4.69) is 10.1 Å². The van der Waals surface area contributed by atoms with E-state index in [1.54, 1.807) is 48.8 Å². The Labute approximate surface area is 183 Å². The lowest BCUT2D eigenvalue weighted by Gasteiger charge is -2.43. The van der Waals surface area contributed by atoms with Crippen LogP contribution in [0.15, 0.2) is 36.7 Å². The maximum atomic E-state index is 13.3. The number of hydrogen-bond acceptors (Lipinski definition) is 5. The molecule has 32 heavy (non-hydrogen) atoms. The van der Waals surface area contributed by atoms with E-state index < -0.39 is 23.8 Å². The summed E-state index contributed by atoms with van der Waals surface area (Å²) in [5.41, 5.74) is 7.54. The Balaban J connectivity index is 1.69. The Bertz CT molecular complexity index is 1170. The maximum absolute atomic E-state index is 13.3.